The van der Waals surface area contributed by atoms with E-state index in [1.807, 2.05) is 49.4 Å². The molecular formula is C22H15Cl3N2OS. The summed E-state index contributed by atoms with van der Waals surface area (Å²) in [6.45, 7) is 2.29. The van der Waals surface area contributed by atoms with Crippen molar-refractivity contribution in [3.05, 3.63) is 92.4 Å². The zero-order valence-corrected chi connectivity index (χ0v) is 18.4. The van der Waals surface area contributed by atoms with Crippen molar-refractivity contribution < 1.29 is 4.79 Å². The van der Waals surface area contributed by atoms with Crippen molar-refractivity contribution >= 4 is 67.4 Å². The van der Waals surface area contributed by atoms with Crippen LogP contribution in [-0.2, 0) is 6.54 Å². The first kappa shape index (κ1) is 20.2. The van der Waals surface area contributed by atoms with Crippen molar-refractivity contribution in [2.24, 2.45) is 0 Å². The lowest BCUT2D eigenvalue weighted by Crippen LogP contribution is -2.30. The maximum atomic E-state index is 13.4. The third-order valence-corrected chi connectivity index (χ3v) is 6.56. The van der Waals surface area contributed by atoms with E-state index in [4.69, 9.17) is 39.8 Å². The Morgan fingerprint density at radius 1 is 1.00 bits per heavy atom. The summed E-state index contributed by atoms with van der Waals surface area (Å²) in [6.07, 6.45) is 0. The number of hydrogen-bond donors (Lipinski definition) is 0. The van der Waals surface area contributed by atoms with Crippen LogP contribution in [0.25, 0.3) is 10.2 Å². The van der Waals surface area contributed by atoms with Gasteiger partial charge in [0.05, 0.1) is 27.3 Å². The smallest absolute Gasteiger partial charge is 0.261 e. The number of aryl methyl sites for hydroxylation is 1. The number of amides is 1. The molecular weight excluding hydrogens is 447 g/mol. The van der Waals surface area contributed by atoms with E-state index < -0.39 is 0 Å². The fourth-order valence-corrected chi connectivity index (χ4v) is 4.67. The SMILES string of the molecule is Cc1c(Cl)ccc2sc(N(Cc3ccccc3)C(=O)c3ccc(Cl)cc3Cl)nc12. The number of halogens is 3. The highest BCUT2D eigenvalue weighted by Crippen LogP contribution is 2.35. The summed E-state index contributed by atoms with van der Waals surface area (Å²) >= 11 is 20.0. The van der Waals surface area contributed by atoms with Gasteiger partial charge in [-0.1, -0.05) is 76.5 Å². The van der Waals surface area contributed by atoms with Crippen molar-refractivity contribution in [2.75, 3.05) is 4.90 Å². The van der Waals surface area contributed by atoms with Gasteiger partial charge in [-0.3, -0.25) is 9.69 Å². The largest absolute Gasteiger partial charge is 0.279 e. The molecule has 3 nitrogen and oxygen atoms in total. The minimum Gasteiger partial charge on any atom is -0.279 e. The van der Waals surface area contributed by atoms with Crippen LogP contribution < -0.4 is 4.90 Å². The quantitative estimate of drug-likeness (QED) is 0.317. The van der Waals surface area contributed by atoms with Crippen LogP contribution in [0.15, 0.2) is 60.7 Å². The molecule has 0 fully saturated rings. The minimum absolute atomic E-state index is 0.238. The van der Waals surface area contributed by atoms with Crippen molar-refractivity contribution in [3.8, 4) is 0 Å². The number of nitrogens with zero attached hydrogens (tertiary/aromatic N) is 2. The highest BCUT2D eigenvalue weighted by atomic mass is 35.5. The van der Waals surface area contributed by atoms with Gasteiger partial charge in [-0.05, 0) is 48.4 Å². The number of aromatic nitrogens is 1. The number of fused-ring (bicyclic) bond motifs is 1. The molecule has 0 spiro atoms. The molecule has 1 heterocycles. The molecule has 29 heavy (non-hydrogen) atoms. The summed E-state index contributed by atoms with van der Waals surface area (Å²) in [7, 11) is 0. The van der Waals surface area contributed by atoms with Crippen LogP contribution in [0.2, 0.25) is 15.1 Å². The molecule has 0 saturated carbocycles. The summed E-state index contributed by atoms with van der Waals surface area (Å²) in [5.41, 5.74) is 3.05. The Morgan fingerprint density at radius 3 is 2.48 bits per heavy atom. The van der Waals surface area contributed by atoms with Gasteiger partial charge in [-0.15, -0.1) is 0 Å². The molecule has 3 aromatic carbocycles. The molecule has 0 atom stereocenters. The molecule has 4 rings (SSSR count). The van der Waals surface area contributed by atoms with Crippen LogP contribution in [-0.4, -0.2) is 10.9 Å². The van der Waals surface area contributed by atoms with E-state index in [-0.39, 0.29) is 5.91 Å². The number of hydrogen-bond acceptors (Lipinski definition) is 3. The van der Waals surface area contributed by atoms with Crippen molar-refractivity contribution in [3.63, 3.8) is 0 Å². The number of benzene rings is 3. The second-order valence-electron chi connectivity index (χ2n) is 6.52. The highest BCUT2D eigenvalue weighted by molar-refractivity contribution is 7.22. The Bertz CT molecular complexity index is 1210. The predicted molar refractivity (Wildman–Crippen MR) is 123 cm³/mol. The maximum Gasteiger partial charge on any atom is 0.261 e. The molecule has 0 radical (unpaired) electrons. The Balaban J connectivity index is 1.82. The van der Waals surface area contributed by atoms with E-state index in [0.717, 1.165) is 21.3 Å². The molecule has 0 N–H and O–H groups in total. The third kappa shape index (κ3) is 4.12. The summed E-state index contributed by atoms with van der Waals surface area (Å²) < 4.78 is 0.968. The zero-order valence-electron chi connectivity index (χ0n) is 15.3. The maximum absolute atomic E-state index is 13.4. The predicted octanol–water partition coefficient (Wildman–Crippen LogP) is 7.41. The van der Waals surface area contributed by atoms with Crippen LogP contribution in [0, 0.1) is 6.92 Å². The number of carbonyl (C=O) groups excluding carboxylic acids is 1. The first-order chi connectivity index (χ1) is 13.9. The van der Waals surface area contributed by atoms with Gasteiger partial charge in [0.2, 0.25) is 0 Å². The standard InChI is InChI=1S/C22H15Cl3N2OS/c1-13-17(24)9-10-19-20(13)26-22(29-19)27(12-14-5-3-2-4-6-14)21(28)16-8-7-15(23)11-18(16)25/h2-11H,12H2,1H3. The third-order valence-electron chi connectivity index (χ3n) is 4.56. The molecule has 7 heteroatoms. The van der Waals surface area contributed by atoms with Gasteiger partial charge < -0.3 is 0 Å². The van der Waals surface area contributed by atoms with E-state index in [9.17, 15) is 4.79 Å². The molecule has 0 aliphatic heterocycles. The fourth-order valence-electron chi connectivity index (χ4n) is 3.00. The lowest BCUT2D eigenvalue weighted by atomic mass is 10.1. The minimum atomic E-state index is -0.238. The summed E-state index contributed by atoms with van der Waals surface area (Å²) in [5.74, 6) is -0.238. The lowest BCUT2D eigenvalue weighted by Gasteiger charge is -2.20. The van der Waals surface area contributed by atoms with Gasteiger partial charge in [0.15, 0.2) is 5.13 Å². The molecule has 146 valence electrons. The van der Waals surface area contributed by atoms with Crippen molar-refractivity contribution in [1.29, 1.82) is 0 Å². The molecule has 0 aliphatic rings. The van der Waals surface area contributed by atoms with E-state index in [2.05, 4.69) is 0 Å². The molecule has 0 bridgehead atoms. The van der Waals surface area contributed by atoms with Crippen LogP contribution in [0.3, 0.4) is 0 Å². The molecule has 0 aliphatic carbocycles. The number of carbonyl (C=O) groups is 1. The van der Waals surface area contributed by atoms with E-state index in [1.165, 1.54) is 11.3 Å². The van der Waals surface area contributed by atoms with Gasteiger partial charge in [0.25, 0.3) is 5.91 Å². The van der Waals surface area contributed by atoms with Gasteiger partial charge in [-0.2, -0.15) is 0 Å². The summed E-state index contributed by atoms with van der Waals surface area (Å²) in [5, 5.41) is 2.02. The van der Waals surface area contributed by atoms with Gasteiger partial charge in [0.1, 0.15) is 0 Å². The van der Waals surface area contributed by atoms with Crippen LogP contribution >= 0.6 is 46.1 Å². The summed E-state index contributed by atoms with van der Waals surface area (Å²) in [6, 6.07) is 18.4. The lowest BCUT2D eigenvalue weighted by molar-refractivity contribution is 0.0985. The second-order valence-corrected chi connectivity index (χ2v) is 8.78. The van der Waals surface area contributed by atoms with Gasteiger partial charge in [-0.25, -0.2) is 4.98 Å². The first-order valence-electron chi connectivity index (χ1n) is 8.80. The Hall–Kier alpha value is -2.11. The van der Waals surface area contributed by atoms with E-state index in [1.54, 1.807) is 23.1 Å². The van der Waals surface area contributed by atoms with Crippen molar-refractivity contribution in [2.45, 2.75) is 13.5 Å². The first-order valence-corrected chi connectivity index (χ1v) is 10.8. The summed E-state index contributed by atoms with van der Waals surface area (Å²) in [4.78, 5) is 19.8. The van der Waals surface area contributed by atoms with Crippen LogP contribution in [0.4, 0.5) is 5.13 Å². The number of thiazole rings is 1. The highest BCUT2D eigenvalue weighted by Gasteiger charge is 2.24. The molecule has 0 saturated heterocycles. The van der Waals surface area contributed by atoms with Crippen molar-refractivity contribution in [1.82, 2.24) is 4.98 Å². The normalized spacial score (nSPS) is 11.0. The van der Waals surface area contributed by atoms with Crippen LogP contribution in [0.5, 0.6) is 0 Å². The number of rotatable bonds is 4. The van der Waals surface area contributed by atoms with Crippen LogP contribution in [0.1, 0.15) is 21.5 Å². The Kier molecular flexibility index (Phi) is 5.79. The fraction of sp³-hybridized carbons (Fsp3) is 0.0909. The van der Waals surface area contributed by atoms with Gasteiger partial charge in [0, 0.05) is 10.0 Å². The molecule has 0 unspecified atom stereocenters. The Morgan fingerprint density at radius 2 is 1.76 bits per heavy atom. The van der Waals surface area contributed by atoms with E-state index in [0.29, 0.717) is 32.3 Å². The average molecular weight is 462 g/mol. The average Bonchev–Trinajstić information content (AvgIpc) is 3.14. The zero-order chi connectivity index (χ0) is 20.5. The Labute approximate surface area is 187 Å². The molecule has 1 amide bonds. The number of anilines is 1. The second kappa shape index (κ2) is 8.33. The molecule has 4 aromatic rings. The van der Waals surface area contributed by atoms with E-state index >= 15 is 0 Å². The van der Waals surface area contributed by atoms with Gasteiger partial charge >= 0.3 is 0 Å². The topological polar surface area (TPSA) is 33.2 Å². The molecule has 1 aromatic heterocycles. The monoisotopic (exact) mass is 460 g/mol.